The highest BCUT2D eigenvalue weighted by atomic mass is 35.5. The number of carbonyl (C=O) groups excluding carboxylic acids is 2. The molecule has 2 aromatic carbocycles. The van der Waals surface area contributed by atoms with Crippen LogP contribution in [0.15, 0.2) is 60.7 Å². The Labute approximate surface area is 156 Å². The lowest BCUT2D eigenvalue weighted by Gasteiger charge is -2.16. The maximum Gasteiger partial charge on any atom is 0.328 e. The van der Waals surface area contributed by atoms with Gasteiger partial charge in [-0.05, 0) is 29.8 Å². The first-order valence-corrected chi connectivity index (χ1v) is 8.43. The van der Waals surface area contributed by atoms with Gasteiger partial charge in [-0.1, -0.05) is 48.0 Å². The molecule has 1 N–H and O–H groups in total. The third-order valence-electron chi connectivity index (χ3n) is 3.98. The van der Waals surface area contributed by atoms with E-state index in [-0.39, 0.29) is 5.69 Å². The van der Waals surface area contributed by atoms with Crippen LogP contribution < -0.4 is 5.32 Å². The lowest BCUT2D eigenvalue weighted by atomic mass is 10.1. The molecule has 0 saturated carbocycles. The predicted molar refractivity (Wildman–Crippen MR) is 100 cm³/mol. The molecule has 0 bridgehead atoms. The number of carbonyl (C=O) groups is 2. The van der Waals surface area contributed by atoms with Gasteiger partial charge < -0.3 is 10.1 Å². The van der Waals surface area contributed by atoms with Crippen molar-refractivity contribution in [1.82, 2.24) is 10.3 Å². The van der Waals surface area contributed by atoms with E-state index in [1.54, 1.807) is 30.3 Å². The Morgan fingerprint density at radius 2 is 1.81 bits per heavy atom. The third-order valence-corrected chi connectivity index (χ3v) is 4.23. The molecule has 1 aromatic heterocycles. The molecule has 1 atom stereocenters. The van der Waals surface area contributed by atoms with Crippen LogP contribution in [0.4, 0.5) is 0 Å². The second-order valence-corrected chi connectivity index (χ2v) is 6.21. The topological polar surface area (TPSA) is 68.3 Å². The summed E-state index contributed by atoms with van der Waals surface area (Å²) in [5.74, 6) is -0.950. The quantitative estimate of drug-likeness (QED) is 0.701. The predicted octanol–water partition coefficient (Wildman–Crippen LogP) is 3.40. The number of nitrogens with zero attached hydrogens (tertiary/aromatic N) is 1. The summed E-state index contributed by atoms with van der Waals surface area (Å²) in [5, 5.41) is 4.25. The fraction of sp³-hybridized carbons (Fsp3) is 0.150. The van der Waals surface area contributed by atoms with E-state index in [1.807, 2.05) is 30.3 Å². The molecule has 0 aliphatic carbocycles. The van der Waals surface area contributed by atoms with Crippen LogP contribution in [0.3, 0.4) is 0 Å². The molecule has 6 heteroatoms. The summed E-state index contributed by atoms with van der Waals surface area (Å²) >= 11 is 5.88. The number of ether oxygens (including phenoxy) is 1. The van der Waals surface area contributed by atoms with E-state index in [0.717, 1.165) is 10.9 Å². The summed E-state index contributed by atoms with van der Waals surface area (Å²) in [7, 11) is 1.29. The summed E-state index contributed by atoms with van der Waals surface area (Å²) in [5.41, 5.74) is 1.82. The number of halogens is 1. The van der Waals surface area contributed by atoms with Crippen molar-refractivity contribution in [2.45, 2.75) is 12.5 Å². The van der Waals surface area contributed by atoms with Gasteiger partial charge in [0.2, 0.25) is 0 Å². The number of rotatable bonds is 5. The van der Waals surface area contributed by atoms with Crippen molar-refractivity contribution in [3.8, 4) is 0 Å². The molecule has 3 aromatic rings. The van der Waals surface area contributed by atoms with Crippen LogP contribution in [0.25, 0.3) is 10.9 Å². The first-order valence-electron chi connectivity index (χ1n) is 8.06. The monoisotopic (exact) mass is 368 g/mol. The van der Waals surface area contributed by atoms with Crippen LogP contribution in [-0.4, -0.2) is 30.0 Å². The molecule has 0 unspecified atom stereocenters. The lowest BCUT2D eigenvalue weighted by Crippen LogP contribution is -2.43. The van der Waals surface area contributed by atoms with Crippen LogP contribution in [0.5, 0.6) is 0 Å². The summed E-state index contributed by atoms with van der Waals surface area (Å²) in [4.78, 5) is 29.0. The minimum Gasteiger partial charge on any atom is -0.467 e. The molecule has 0 radical (unpaired) electrons. The van der Waals surface area contributed by atoms with E-state index in [9.17, 15) is 9.59 Å². The van der Waals surface area contributed by atoms with Gasteiger partial charge in [0.25, 0.3) is 5.91 Å². The van der Waals surface area contributed by atoms with E-state index < -0.39 is 17.9 Å². The number of hydrogen-bond acceptors (Lipinski definition) is 4. The van der Waals surface area contributed by atoms with Crippen LogP contribution >= 0.6 is 11.6 Å². The first-order chi connectivity index (χ1) is 12.6. The molecule has 0 aliphatic rings. The lowest BCUT2D eigenvalue weighted by molar-refractivity contribution is -0.142. The molecular weight excluding hydrogens is 352 g/mol. The number of methoxy groups -OCH3 is 1. The molecule has 0 spiro atoms. The number of esters is 1. The molecule has 132 valence electrons. The summed E-state index contributed by atoms with van der Waals surface area (Å²) < 4.78 is 4.82. The number of amides is 1. The second-order valence-electron chi connectivity index (χ2n) is 5.77. The molecule has 26 heavy (non-hydrogen) atoms. The minimum absolute atomic E-state index is 0.244. The number of benzene rings is 2. The average molecular weight is 369 g/mol. The Bertz CT molecular complexity index is 941. The van der Waals surface area contributed by atoms with E-state index in [1.165, 1.54) is 7.11 Å². The first kappa shape index (κ1) is 17.9. The van der Waals surface area contributed by atoms with Crippen molar-refractivity contribution < 1.29 is 14.3 Å². The molecule has 1 amide bonds. The largest absolute Gasteiger partial charge is 0.467 e. The summed E-state index contributed by atoms with van der Waals surface area (Å²) in [6.07, 6.45) is 0.295. The van der Waals surface area contributed by atoms with E-state index in [2.05, 4.69) is 10.3 Å². The van der Waals surface area contributed by atoms with Gasteiger partial charge in [-0.25, -0.2) is 9.78 Å². The number of nitrogens with one attached hydrogen (secondary N) is 1. The minimum atomic E-state index is -0.818. The van der Waals surface area contributed by atoms with Gasteiger partial charge in [0.15, 0.2) is 0 Å². The SMILES string of the molecule is COC(=O)[C@H](Cc1ccc(Cl)cc1)NC(=O)c1ccc2ccccc2n1. The number of para-hydroxylation sites is 1. The van der Waals surface area contributed by atoms with Gasteiger partial charge >= 0.3 is 5.97 Å². The Morgan fingerprint density at radius 3 is 2.54 bits per heavy atom. The fourth-order valence-corrected chi connectivity index (χ4v) is 2.74. The zero-order chi connectivity index (χ0) is 18.5. The van der Waals surface area contributed by atoms with Crippen molar-refractivity contribution in [1.29, 1.82) is 0 Å². The zero-order valence-corrected chi connectivity index (χ0v) is 14.9. The third kappa shape index (κ3) is 4.18. The maximum absolute atomic E-state index is 12.6. The number of hydrogen-bond donors (Lipinski definition) is 1. The Morgan fingerprint density at radius 1 is 1.08 bits per heavy atom. The molecule has 0 fully saturated rings. The van der Waals surface area contributed by atoms with Crippen LogP contribution in [0.2, 0.25) is 5.02 Å². The highest BCUT2D eigenvalue weighted by Gasteiger charge is 2.23. The van der Waals surface area contributed by atoms with Gasteiger partial charge in [0.1, 0.15) is 11.7 Å². The normalized spacial score (nSPS) is 11.8. The second kappa shape index (κ2) is 7.97. The highest BCUT2D eigenvalue weighted by Crippen LogP contribution is 2.14. The number of fused-ring (bicyclic) bond motifs is 1. The van der Waals surface area contributed by atoms with Gasteiger partial charge in [-0.2, -0.15) is 0 Å². The van der Waals surface area contributed by atoms with Crippen LogP contribution in [0, 0.1) is 0 Å². The molecule has 1 heterocycles. The Kier molecular flexibility index (Phi) is 5.49. The Balaban J connectivity index is 1.79. The van der Waals surface area contributed by atoms with Crippen molar-refractivity contribution in [2.24, 2.45) is 0 Å². The smallest absolute Gasteiger partial charge is 0.328 e. The maximum atomic E-state index is 12.6. The van der Waals surface area contributed by atoms with E-state index in [4.69, 9.17) is 16.3 Å². The standard InChI is InChI=1S/C20H17ClN2O3/c1-26-20(25)18(12-13-6-9-15(21)10-7-13)23-19(24)17-11-8-14-4-2-3-5-16(14)22-17/h2-11,18H,12H2,1H3,(H,23,24)/t18-/m0/s1. The average Bonchev–Trinajstić information content (AvgIpc) is 2.68. The molecule has 5 nitrogen and oxygen atoms in total. The highest BCUT2D eigenvalue weighted by molar-refractivity contribution is 6.30. The summed E-state index contributed by atoms with van der Waals surface area (Å²) in [6, 6.07) is 17.2. The zero-order valence-electron chi connectivity index (χ0n) is 14.1. The van der Waals surface area contributed by atoms with Crippen LogP contribution in [0.1, 0.15) is 16.1 Å². The molecule has 3 rings (SSSR count). The van der Waals surface area contributed by atoms with E-state index >= 15 is 0 Å². The van der Waals surface area contributed by atoms with Crippen molar-refractivity contribution in [3.05, 3.63) is 76.9 Å². The van der Waals surface area contributed by atoms with E-state index in [0.29, 0.717) is 17.0 Å². The van der Waals surface area contributed by atoms with Crippen molar-refractivity contribution >= 4 is 34.4 Å². The van der Waals surface area contributed by atoms with Gasteiger partial charge in [-0.3, -0.25) is 4.79 Å². The fourth-order valence-electron chi connectivity index (χ4n) is 2.62. The Hall–Kier alpha value is -2.92. The van der Waals surface area contributed by atoms with Gasteiger partial charge in [0.05, 0.1) is 12.6 Å². The van der Waals surface area contributed by atoms with Crippen molar-refractivity contribution in [3.63, 3.8) is 0 Å². The molecular formula is C20H17ClN2O3. The molecule has 0 saturated heterocycles. The summed E-state index contributed by atoms with van der Waals surface area (Å²) in [6.45, 7) is 0. The molecule has 0 aliphatic heterocycles. The van der Waals surface area contributed by atoms with Gasteiger partial charge in [-0.15, -0.1) is 0 Å². The van der Waals surface area contributed by atoms with Crippen LogP contribution in [-0.2, 0) is 16.0 Å². The van der Waals surface area contributed by atoms with Gasteiger partial charge in [0, 0.05) is 16.8 Å². The number of aromatic nitrogens is 1. The van der Waals surface area contributed by atoms with Crippen molar-refractivity contribution in [2.75, 3.05) is 7.11 Å². The number of pyridine rings is 1.